The third kappa shape index (κ3) is 5.25. The summed E-state index contributed by atoms with van der Waals surface area (Å²) in [5.74, 6) is -0.506. The Labute approximate surface area is 214 Å². The minimum Gasteiger partial charge on any atom is -0.481 e. The number of fused-ring (bicyclic) bond motifs is 1. The Hall–Kier alpha value is -2.80. The molecule has 4 nitrogen and oxygen atoms in total. The molecule has 0 aliphatic rings. The average molecular weight is 537 g/mol. The minimum absolute atomic E-state index is 0.377. The van der Waals surface area contributed by atoms with E-state index in [2.05, 4.69) is 15.9 Å². The third-order valence-electron chi connectivity index (χ3n) is 6.45. The molecule has 0 amide bonds. The van der Waals surface area contributed by atoms with E-state index in [1.54, 1.807) is 19.2 Å². The van der Waals surface area contributed by atoms with Crippen molar-refractivity contribution in [3.63, 3.8) is 0 Å². The Balaban J connectivity index is 2.04. The highest BCUT2D eigenvalue weighted by Gasteiger charge is 2.42. The molecule has 3 aromatic carbocycles. The molecular weight excluding hydrogens is 507 g/mol. The van der Waals surface area contributed by atoms with Crippen molar-refractivity contribution in [1.29, 1.82) is 0 Å². The molecule has 0 spiro atoms. The zero-order valence-electron chi connectivity index (χ0n) is 20.4. The molecular formula is C29H30BrFN2O2. The first-order chi connectivity index (χ1) is 16.7. The molecule has 4 rings (SSSR count). The lowest BCUT2D eigenvalue weighted by molar-refractivity contribution is 0.00354. The largest absolute Gasteiger partial charge is 0.481 e. The number of methoxy groups -OCH3 is 1. The van der Waals surface area contributed by atoms with Crippen molar-refractivity contribution in [3.8, 4) is 5.88 Å². The number of pyridine rings is 1. The van der Waals surface area contributed by atoms with Gasteiger partial charge in [0.15, 0.2) is 0 Å². The molecule has 6 heteroatoms. The highest BCUT2D eigenvalue weighted by Crippen LogP contribution is 2.47. The maximum atomic E-state index is 14.4. The Morgan fingerprint density at radius 3 is 2.46 bits per heavy atom. The smallest absolute Gasteiger partial charge is 0.217 e. The van der Waals surface area contributed by atoms with E-state index in [-0.39, 0.29) is 5.82 Å². The van der Waals surface area contributed by atoms with Gasteiger partial charge in [-0.2, -0.15) is 0 Å². The lowest BCUT2D eigenvalue weighted by Gasteiger charge is -2.39. The second kappa shape index (κ2) is 10.4. The van der Waals surface area contributed by atoms with Crippen molar-refractivity contribution in [3.05, 3.63) is 105 Å². The maximum absolute atomic E-state index is 14.4. The fourth-order valence-corrected chi connectivity index (χ4v) is 5.35. The number of rotatable bonds is 8. The summed E-state index contributed by atoms with van der Waals surface area (Å²) in [6.07, 6.45) is 0.377. The van der Waals surface area contributed by atoms with E-state index in [1.807, 2.05) is 74.4 Å². The van der Waals surface area contributed by atoms with Crippen molar-refractivity contribution in [2.45, 2.75) is 24.9 Å². The van der Waals surface area contributed by atoms with Gasteiger partial charge in [0.05, 0.1) is 12.6 Å². The van der Waals surface area contributed by atoms with E-state index in [4.69, 9.17) is 9.72 Å². The van der Waals surface area contributed by atoms with Crippen LogP contribution in [0.15, 0.2) is 77.3 Å². The van der Waals surface area contributed by atoms with Gasteiger partial charge in [-0.05, 0) is 74.5 Å². The Kier molecular flexibility index (Phi) is 7.55. The van der Waals surface area contributed by atoms with Gasteiger partial charge in [-0.15, -0.1) is 0 Å². The molecule has 1 heterocycles. The number of ether oxygens (including phenoxy) is 1. The maximum Gasteiger partial charge on any atom is 0.217 e. The van der Waals surface area contributed by atoms with Gasteiger partial charge in [0.1, 0.15) is 11.4 Å². The molecule has 2 atom stereocenters. The molecule has 4 aromatic rings. The lowest BCUT2D eigenvalue weighted by atomic mass is 9.71. The summed E-state index contributed by atoms with van der Waals surface area (Å²) >= 11 is 3.59. The first-order valence-electron chi connectivity index (χ1n) is 11.6. The van der Waals surface area contributed by atoms with Crippen LogP contribution < -0.4 is 4.74 Å². The van der Waals surface area contributed by atoms with Gasteiger partial charge >= 0.3 is 0 Å². The van der Waals surface area contributed by atoms with E-state index in [1.165, 1.54) is 12.1 Å². The van der Waals surface area contributed by atoms with Crippen molar-refractivity contribution in [1.82, 2.24) is 9.88 Å². The number of hydrogen-bond donors (Lipinski definition) is 1. The summed E-state index contributed by atoms with van der Waals surface area (Å²) in [7, 11) is 5.51. The number of hydrogen-bond acceptors (Lipinski definition) is 4. The molecule has 0 aliphatic heterocycles. The number of aryl methyl sites for hydroxylation is 1. The monoisotopic (exact) mass is 536 g/mol. The second-order valence-electron chi connectivity index (χ2n) is 9.21. The van der Waals surface area contributed by atoms with E-state index in [9.17, 15) is 9.50 Å². The van der Waals surface area contributed by atoms with Gasteiger partial charge in [0.25, 0.3) is 0 Å². The van der Waals surface area contributed by atoms with Gasteiger partial charge in [-0.1, -0.05) is 58.4 Å². The number of benzene rings is 3. The van der Waals surface area contributed by atoms with Gasteiger partial charge in [-0.3, -0.25) is 0 Å². The van der Waals surface area contributed by atoms with Crippen molar-refractivity contribution < 1.29 is 14.2 Å². The van der Waals surface area contributed by atoms with Crippen LogP contribution >= 0.6 is 15.9 Å². The summed E-state index contributed by atoms with van der Waals surface area (Å²) in [6, 6.07) is 22.1. The van der Waals surface area contributed by atoms with Crippen LogP contribution in [0, 0.1) is 12.7 Å². The van der Waals surface area contributed by atoms with Crippen molar-refractivity contribution in [2.75, 3.05) is 27.7 Å². The van der Waals surface area contributed by atoms with Crippen LogP contribution in [0.5, 0.6) is 5.88 Å². The SMILES string of the molecule is COc1nc2c(C)cc(Br)cc2cc1C(c1ccccc1)C(O)(CCN(C)C)c1cccc(F)c1. The number of aromatic nitrogens is 1. The molecule has 0 radical (unpaired) electrons. The van der Waals surface area contributed by atoms with Crippen LogP contribution in [0.2, 0.25) is 0 Å². The summed E-state index contributed by atoms with van der Waals surface area (Å²) < 4.78 is 21.2. The molecule has 2 unspecified atom stereocenters. The zero-order valence-corrected chi connectivity index (χ0v) is 22.0. The number of halogens is 2. The Morgan fingerprint density at radius 2 is 1.80 bits per heavy atom. The van der Waals surface area contributed by atoms with Gasteiger partial charge in [0.2, 0.25) is 5.88 Å². The summed E-state index contributed by atoms with van der Waals surface area (Å²) in [6.45, 7) is 2.61. The molecule has 0 bridgehead atoms. The quantitative estimate of drug-likeness (QED) is 0.282. The average Bonchev–Trinajstić information content (AvgIpc) is 2.83. The number of nitrogens with zero attached hydrogens (tertiary/aromatic N) is 2. The topological polar surface area (TPSA) is 45.6 Å². The van der Waals surface area contributed by atoms with Gasteiger partial charge in [0, 0.05) is 27.9 Å². The fraction of sp³-hybridized carbons (Fsp3) is 0.276. The number of aliphatic hydroxyl groups is 1. The minimum atomic E-state index is -1.43. The predicted octanol–water partition coefficient (Wildman–Crippen LogP) is 6.42. The van der Waals surface area contributed by atoms with Gasteiger partial charge < -0.3 is 14.7 Å². The van der Waals surface area contributed by atoms with Crippen LogP contribution in [0.25, 0.3) is 10.9 Å². The van der Waals surface area contributed by atoms with Crippen molar-refractivity contribution in [2.24, 2.45) is 0 Å². The first-order valence-corrected chi connectivity index (χ1v) is 12.3. The van der Waals surface area contributed by atoms with Crippen LogP contribution in [-0.2, 0) is 5.60 Å². The molecule has 0 saturated heterocycles. The van der Waals surface area contributed by atoms with Crippen LogP contribution in [0.4, 0.5) is 4.39 Å². The highest BCUT2D eigenvalue weighted by atomic mass is 79.9. The molecule has 1 N–H and O–H groups in total. The second-order valence-corrected chi connectivity index (χ2v) is 10.1. The summed E-state index contributed by atoms with van der Waals surface area (Å²) in [5.41, 5.74) is 2.57. The molecule has 0 saturated carbocycles. The molecule has 0 fully saturated rings. The highest BCUT2D eigenvalue weighted by molar-refractivity contribution is 9.10. The van der Waals surface area contributed by atoms with Crippen molar-refractivity contribution >= 4 is 26.8 Å². The van der Waals surface area contributed by atoms with E-state index in [0.29, 0.717) is 24.4 Å². The van der Waals surface area contributed by atoms with E-state index < -0.39 is 11.5 Å². The van der Waals surface area contributed by atoms with Crippen LogP contribution in [0.3, 0.4) is 0 Å². The molecule has 35 heavy (non-hydrogen) atoms. The molecule has 182 valence electrons. The molecule has 0 aliphatic carbocycles. The Bertz CT molecular complexity index is 1330. The van der Waals surface area contributed by atoms with Gasteiger partial charge in [-0.25, -0.2) is 9.37 Å². The zero-order chi connectivity index (χ0) is 25.2. The molecule has 1 aromatic heterocycles. The standard InChI is InChI=1S/C29H30BrFN2O2/c1-19-15-23(30)16-21-17-25(28(35-4)32-27(19)21)26(20-9-6-5-7-10-20)29(34,13-14-33(2)3)22-11-8-12-24(31)18-22/h5-12,15-18,26,34H,13-14H2,1-4H3. The van der Waals surface area contributed by atoms with Crippen LogP contribution in [0.1, 0.15) is 34.6 Å². The van der Waals surface area contributed by atoms with Crippen LogP contribution in [-0.4, -0.2) is 42.7 Å². The Morgan fingerprint density at radius 1 is 1.06 bits per heavy atom. The lowest BCUT2D eigenvalue weighted by Crippen LogP contribution is -2.38. The van der Waals surface area contributed by atoms with E-state index in [0.717, 1.165) is 32.1 Å². The summed E-state index contributed by atoms with van der Waals surface area (Å²) in [4.78, 5) is 6.88. The third-order valence-corrected chi connectivity index (χ3v) is 6.90. The normalized spacial score (nSPS) is 14.2. The first kappa shape index (κ1) is 25.3. The van der Waals surface area contributed by atoms with E-state index >= 15 is 0 Å². The predicted molar refractivity (Wildman–Crippen MR) is 142 cm³/mol. The summed E-state index contributed by atoms with van der Waals surface area (Å²) in [5, 5.41) is 13.5. The fourth-order valence-electron chi connectivity index (χ4n) is 4.76.